The van der Waals surface area contributed by atoms with E-state index < -0.39 is 23.8 Å². The summed E-state index contributed by atoms with van der Waals surface area (Å²) in [5.74, 6) is -0.271. The summed E-state index contributed by atoms with van der Waals surface area (Å²) in [6.07, 6.45) is 7.39. The number of fused-ring (bicyclic) bond motifs is 1. The quantitative estimate of drug-likeness (QED) is 0.261. The van der Waals surface area contributed by atoms with Crippen molar-refractivity contribution in [2.24, 2.45) is 11.7 Å². The number of carbonyl (C=O) groups is 3. The number of aromatic nitrogens is 1. The third-order valence-corrected chi connectivity index (χ3v) is 7.19. The van der Waals surface area contributed by atoms with E-state index in [2.05, 4.69) is 20.9 Å². The highest BCUT2D eigenvalue weighted by Crippen LogP contribution is 2.27. The molecule has 1 aromatic heterocycles. The van der Waals surface area contributed by atoms with Crippen LogP contribution < -0.4 is 27.2 Å². The predicted molar refractivity (Wildman–Crippen MR) is 157 cm³/mol. The van der Waals surface area contributed by atoms with Crippen LogP contribution in [0.1, 0.15) is 84.1 Å². The van der Waals surface area contributed by atoms with E-state index in [-0.39, 0.29) is 17.4 Å². The van der Waals surface area contributed by atoms with Crippen molar-refractivity contribution in [2.45, 2.75) is 103 Å². The van der Waals surface area contributed by atoms with Gasteiger partial charge in [0.05, 0.1) is 11.6 Å². The molecule has 3 amide bonds. The van der Waals surface area contributed by atoms with Gasteiger partial charge in [-0.3, -0.25) is 14.4 Å². The summed E-state index contributed by atoms with van der Waals surface area (Å²) in [5.41, 5.74) is 7.43. The third kappa shape index (κ3) is 9.97. The molecule has 1 saturated carbocycles. The van der Waals surface area contributed by atoms with Crippen LogP contribution in [0.15, 0.2) is 29.1 Å². The molecule has 2 aromatic rings. The molecule has 0 aliphatic heterocycles. The van der Waals surface area contributed by atoms with Gasteiger partial charge in [-0.2, -0.15) is 0 Å². The van der Waals surface area contributed by atoms with E-state index in [1.807, 2.05) is 13.0 Å². The van der Waals surface area contributed by atoms with Gasteiger partial charge in [0, 0.05) is 23.7 Å². The zero-order valence-electron chi connectivity index (χ0n) is 24.2. The summed E-state index contributed by atoms with van der Waals surface area (Å²) in [6.45, 7) is 7.63. The summed E-state index contributed by atoms with van der Waals surface area (Å²) in [4.78, 5) is 53.0. The number of anilines is 1. The SMILES string of the molecule is Cc1cc(=O)[nH]c2cc(NC(=O)C(CCCCNC(=O)OC(C)(C)C)NC(=O)C(N)CC3CCCCC3)ccc12. The minimum Gasteiger partial charge on any atom is -0.444 e. The Bertz CT molecular complexity index is 1230. The maximum Gasteiger partial charge on any atom is 0.407 e. The average molecular weight is 556 g/mol. The van der Waals surface area contributed by atoms with Crippen molar-refractivity contribution in [1.82, 2.24) is 15.6 Å². The highest BCUT2D eigenvalue weighted by molar-refractivity contribution is 5.99. The number of nitrogens with two attached hydrogens (primary N) is 1. The molecular weight excluding hydrogens is 510 g/mol. The fourth-order valence-corrected chi connectivity index (χ4v) is 5.16. The lowest BCUT2D eigenvalue weighted by atomic mass is 9.85. The maximum atomic E-state index is 13.3. The molecule has 0 saturated heterocycles. The Balaban J connectivity index is 1.63. The summed E-state index contributed by atoms with van der Waals surface area (Å²) in [6, 6.07) is 5.36. The number of amides is 3. The summed E-state index contributed by atoms with van der Waals surface area (Å²) in [7, 11) is 0. The van der Waals surface area contributed by atoms with Gasteiger partial charge in [-0.15, -0.1) is 0 Å². The molecule has 0 bridgehead atoms. The second-order valence-corrected chi connectivity index (χ2v) is 11.9. The number of pyridine rings is 1. The van der Waals surface area contributed by atoms with E-state index in [9.17, 15) is 19.2 Å². The monoisotopic (exact) mass is 555 g/mol. The first-order valence-electron chi connectivity index (χ1n) is 14.4. The van der Waals surface area contributed by atoms with Gasteiger partial charge in [-0.05, 0) is 77.0 Å². The molecule has 10 heteroatoms. The Hall–Kier alpha value is -3.40. The van der Waals surface area contributed by atoms with Gasteiger partial charge in [-0.1, -0.05) is 38.2 Å². The lowest BCUT2D eigenvalue weighted by Gasteiger charge is -2.25. The zero-order chi connectivity index (χ0) is 29.3. The van der Waals surface area contributed by atoms with E-state index in [1.165, 1.54) is 12.5 Å². The maximum absolute atomic E-state index is 13.3. The molecule has 2 atom stereocenters. The number of hydrogen-bond acceptors (Lipinski definition) is 6. The summed E-state index contributed by atoms with van der Waals surface area (Å²) in [5, 5.41) is 9.34. The Morgan fingerprint density at radius 3 is 2.50 bits per heavy atom. The number of nitrogens with one attached hydrogen (secondary N) is 4. The minimum atomic E-state index is -0.807. The van der Waals surface area contributed by atoms with E-state index in [0.29, 0.717) is 49.4 Å². The molecule has 1 aliphatic carbocycles. The Kier molecular flexibility index (Phi) is 11.1. The van der Waals surface area contributed by atoms with E-state index in [1.54, 1.807) is 32.9 Å². The molecule has 1 fully saturated rings. The van der Waals surface area contributed by atoms with Crippen molar-refractivity contribution in [1.29, 1.82) is 0 Å². The van der Waals surface area contributed by atoms with Gasteiger partial charge < -0.3 is 31.4 Å². The second kappa shape index (κ2) is 14.3. The van der Waals surface area contributed by atoms with E-state index in [0.717, 1.165) is 36.6 Å². The highest BCUT2D eigenvalue weighted by atomic mass is 16.6. The number of ether oxygens (including phenoxy) is 1. The highest BCUT2D eigenvalue weighted by Gasteiger charge is 2.26. The largest absolute Gasteiger partial charge is 0.444 e. The van der Waals surface area contributed by atoms with E-state index >= 15 is 0 Å². The number of H-pyrrole nitrogens is 1. The van der Waals surface area contributed by atoms with Crippen molar-refractivity contribution in [3.8, 4) is 0 Å². The minimum absolute atomic E-state index is 0.217. The molecule has 0 radical (unpaired) electrons. The fraction of sp³-hybridized carbons (Fsp3) is 0.600. The first kappa shape index (κ1) is 31.1. The molecule has 1 aromatic carbocycles. The van der Waals surface area contributed by atoms with Gasteiger partial charge >= 0.3 is 6.09 Å². The third-order valence-electron chi connectivity index (χ3n) is 7.19. The van der Waals surface area contributed by atoms with Crippen LogP contribution in [0.25, 0.3) is 10.9 Å². The van der Waals surface area contributed by atoms with Crippen LogP contribution >= 0.6 is 0 Å². The van der Waals surface area contributed by atoms with Crippen molar-refractivity contribution >= 4 is 34.5 Å². The second-order valence-electron chi connectivity index (χ2n) is 11.9. The molecule has 1 heterocycles. The van der Waals surface area contributed by atoms with Crippen molar-refractivity contribution in [2.75, 3.05) is 11.9 Å². The topological polar surface area (TPSA) is 155 Å². The average Bonchev–Trinajstić information content (AvgIpc) is 2.86. The number of aromatic amines is 1. The number of alkyl carbamates (subject to hydrolysis) is 1. The zero-order valence-corrected chi connectivity index (χ0v) is 24.2. The van der Waals surface area contributed by atoms with Crippen LogP contribution in [-0.4, -0.2) is 47.1 Å². The molecule has 10 nitrogen and oxygen atoms in total. The number of benzene rings is 1. The van der Waals surface area contributed by atoms with Crippen LogP contribution in [0.4, 0.5) is 10.5 Å². The van der Waals surface area contributed by atoms with Crippen LogP contribution in [0.2, 0.25) is 0 Å². The summed E-state index contributed by atoms with van der Waals surface area (Å²) >= 11 is 0. The molecule has 2 unspecified atom stereocenters. The molecule has 6 N–H and O–H groups in total. The van der Waals surface area contributed by atoms with Crippen molar-refractivity contribution in [3.63, 3.8) is 0 Å². The van der Waals surface area contributed by atoms with Crippen molar-refractivity contribution < 1.29 is 19.1 Å². The van der Waals surface area contributed by atoms with Gasteiger partial charge in [0.1, 0.15) is 11.6 Å². The van der Waals surface area contributed by atoms with Gasteiger partial charge in [-0.25, -0.2) is 4.79 Å². The van der Waals surface area contributed by atoms with Crippen LogP contribution in [0.3, 0.4) is 0 Å². The Labute approximate surface area is 236 Å². The molecule has 0 spiro atoms. The first-order valence-corrected chi connectivity index (χ1v) is 14.4. The number of unbranched alkanes of at least 4 members (excludes halogenated alkanes) is 1. The number of hydrogen-bond donors (Lipinski definition) is 5. The number of rotatable bonds is 11. The molecular formula is C30H45N5O5. The van der Waals surface area contributed by atoms with E-state index in [4.69, 9.17) is 10.5 Å². The fourth-order valence-electron chi connectivity index (χ4n) is 5.16. The molecule has 3 rings (SSSR count). The summed E-state index contributed by atoms with van der Waals surface area (Å²) < 4.78 is 5.25. The standard InChI is InChI=1S/C30H45N5O5/c1-19-16-26(36)34-25-18-21(13-14-22(19)25)33-28(38)24(12-8-9-15-32-29(39)40-30(2,3)4)35-27(37)23(31)17-20-10-6-5-7-11-20/h13-14,16,18,20,23-24H,5-12,15,17,31H2,1-4H3,(H,32,39)(H,33,38)(H,34,36)(H,35,37). The normalized spacial score (nSPS) is 15.7. The number of aryl methyl sites for hydroxylation is 1. The first-order chi connectivity index (χ1) is 18.9. The number of carbonyl (C=O) groups excluding carboxylic acids is 3. The van der Waals surface area contributed by atoms with Gasteiger partial charge in [0.25, 0.3) is 0 Å². The smallest absolute Gasteiger partial charge is 0.407 e. The van der Waals surface area contributed by atoms with Crippen molar-refractivity contribution in [3.05, 3.63) is 40.2 Å². The van der Waals surface area contributed by atoms with Crippen LogP contribution in [-0.2, 0) is 14.3 Å². The van der Waals surface area contributed by atoms with Gasteiger partial charge in [0.2, 0.25) is 17.4 Å². The molecule has 40 heavy (non-hydrogen) atoms. The van der Waals surface area contributed by atoms with Crippen LogP contribution in [0, 0.1) is 12.8 Å². The Morgan fingerprint density at radius 2 is 1.80 bits per heavy atom. The van der Waals surface area contributed by atoms with Gasteiger partial charge in [0.15, 0.2) is 0 Å². The lowest BCUT2D eigenvalue weighted by molar-refractivity contribution is -0.127. The molecule has 220 valence electrons. The lowest BCUT2D eigenvalue weighted by Crippen LogP contribution is -2.50. The predicted octanol–water partition coefficient (Wildman–Crippen LogP) is 4.25. The Morgan fingerprint density at radius 1 is 1.07 bits per heavy atom. The molecule has 1 aliphatic rings. The van der Waals surface area contributed by atoms with Crippen LogP contribution in [0.5, 0.6) is 0 Å².